The third kappa shape index (κ3) is 1.91. The average Bonchev–Trinajstić information content (AvgIpc) is 1.96. The summed E-state index contributed by atoms with van der Waals surface area (Å²) in [5, 5.41) is 10.9. The van der Waals surface area contributed by atoms with E-state index in [-0.39, 0.29) is 5.54 Å². The van der Waals surface area contributed by atoms with Gasteiger partial charge < -0.3 is 10.8 Å². The van der Waals surface area contributed by atoms with Crippen LogP contribution in [0.5, 0.6) is 0 Å². The van der Waals surface area contributed by atoms with Crippen LogP contribution in [0.15, 0.2) is 0 Å². The van der Waals surface area contributed by atoms with E-state index in [0.29, 0.717) is 17.3 Å². The predicted octanol–water partition coefficient (Wildman–Crippen LogP) is 2.69. The average molecular weight is 225 g/mol. The molecular formula is C14H27NO. The first-order chi connectivity index (χ1) is 7.16. The fourth-order valence-electron chi connectivity index (χ4n) is 4.48. The Labute approximate surface area is 99.6 Å². The first kappa shape index (κ1) is 12.4. The van der Waals surface area contributed by atoms with Gasteiger partial charge in [-0.05, 0) is 49.4 Å². The van der Waals surface area contributed by atoms with Gasteiger partial charge in [-0.15, -0.1) is 0 Å². The summed E-state index contributed by atoms with van der Waals surface area (Å²) in [5.41, 5.74) is 5.86. The summed E-state index contributed by atoms with van der Waals surface area (Å²) >= 11 is 0. The van der Waals surface area contributed by atoms with Crippen molar-refractivity contribution in [2.75, 3.05) is 0 Å². The molecule has 0 amide bonds. The van der Waals surface area contributed by atoms with Gasteiger partial charge in [0, 0.05) is 5.54 Å². The Morgan fingerprint density at radius 1 is 1.06 bits per heavy atom. The van der Waals surface area contributed by atoms with E-state index >= 15 is 0 Å². The van der Waals surface area contributed by atoms with E-state index < -0.39 is 5.60 Å². The Bertz CT molecular complexity index is 266. The monoisotopic (exact) mass is 225 g/mol. The summed E-state index contributed by atoms with van der Waals surface area (Å²) in [6, 6.07) is 0. The van der Waals surface area contributed by atoms with Crippen LogP contribution in [0, 0.1) is 17.3 Å². The largest absolute Gasteiger partial charge is 0.388 e. The van der Waals surface area contributed by atoms with Gasteiger partial charge in [0.05, 0.1) is 5.60 Å². The van der Waals surface area contributed by atoms with Crippen LogP contribution >= 0.6 is 0 Å². The molecule has 0 aromatic rings. The molecule has 0 aromatic heterocycles. The summed E-state index contributed by atoms with van der Waals surface area (Å²) in [5.74, 6) is 1.22. The normalized spacial score (nSPS) is 46.1. The van der Waals surface area contributed by atoms with Crippen LogP contribution in [0.4, 0.5) is 0 Å². The van der Waals surface area contributed by atoms with Gasteiger partial charge >= 0.3 is 0 Å². The van der Waals surface area contributed by atoms with Crippen LogP contribution in [0.3, 0.4) is 0 Å². The molecule has 2 saturated carbocycles. The third-order valence-electron chi connectivity index (χ3n) is 4.69. The molecule has 2 aliphatic rings. The van der Waals surface area contributed by atoms with E-state index in [4.69, 9.17) is 5.73 Å². The molecular weight excluding hydrogens is 198 g/mol. The standard InChI is InChI=1S/C14H27NO/c1-10-5-11(2)7-14(16,6-10)13(15)8-12(3,4)9-13/h10-11,16H,5-9,15H2,1-4H3. The minimum Gasteiger partial charge on any atom is -0.388 e. The highest BCUT2D eigenvalue weighted by molar-refractivity contribution is 5.16. The number of aliphatic hydroxyl groups is 1. The van der Waals surface area contributed by atoms with Crippen LogP contribution in [0.2, 0.25) is 0 Å². The van der Waals surface area contributed by atoms with Crippen molar-refractivity contribution in [1.29, 1.82) is 0 Å². The fourth-order valence-corrected chi connectivity index (χ4v) is 4.48. The quantitative estimate of drug-likeness (QED) is 0.720. The van der Waals surface area contributed by atoms with E-state index in [1.165, 1.54) is 6.42 Å². The lowest BCUT2D eigenvalue weighted by Gasteiger charge is -2.61. The SMILES string of the molecule is CC1CC(C)CC(O)(C2(N)CC(C)(C)C2)C1. The van der Waals surface area contributed by atoms with Gasteiger partial charge in [-0.1, -0.05) is 27.7 Å². The van der Waals surface area contributed by atoms with Crippen LogP contribution in [-0.2, 0) is 0 Å². The summed E-state index contributed by atoms with van der Waals surface area (Å²) in [4.78, 5) is 0. The lowest BCUT2D eigenvalue weighted by Crippen LogP contribution is -2.71. The Morgan fingerprint density at radius 2 is 1.50 bits per heavy atom. The molecule has 0 saturated heterocycles. The molecule has 3 N–H and O–H groups in total. The predicted molar refractivity (Wildman–Crippen MR) is 67.1 cm³/mol. The number of hydrogen-bond donors (Lipinski definition) is 2. The highest BCUT2D eigenvalue weighted by atomic mass is 16.3. The third-order valence-corrected chi connectivity index (χ3v) is 4.69. The maximum atomic E-state index is 10.9. The topological polar surface area (TPSA) is 46.2 Å². The van der Waals surface area contributed by atoms with E-state index in [9.17, 15) is 5.11 Å². The number of nitrogens with two attached hydrogens (primary N) is 1. The minimum atomic E-state index is -0.612. The molecule has 0 aromatic carbocycles. The van der Waals surface area contributed by atoms with Crippen LogP contribution < -0.4 is 5.73 Å². The molecule has 2 atom stereocenters. The Kier molecular flexibility index (Phi) is 2.67. The van der Waals surface area contributed by atoms with Gasteiger partial charge in [0.2, 0.25) is 0 Å². The molecule has 0 aliphatic heterocycles. The molecule has 94 valence electrons. The van der Waals surface area contributed by atoms with Crippen LogP contribution in [-0.4, -0.2) is 16.2 Å². The maximum Gasteiger partial charge on any atom is 0.0831 e. The summed E-state index contributed by atoms with van der Waals surface area (Å²) in [6.07, 6.45) is 4.96. The zero-order valence-electron chi connectivity index (χ0n) is 11.2. The lowest BCUT2D eigenvalue weighted by molar-refractivity contribution is -0.150. The summed E-state index contributed by atoms with van der Waals surface area (Å²) < 4.78 is 0. The molecule has 2 heteroatoms. The highest BCUT2D eigenvalue weighted by Gasteiger charge is 2.59. The van der Waals surface area contributed by atoms with Crippen molar-refractivity contribution in [2.45, 2.75) is 70.9 Å². The zero-order chi connectivity index (χ0) is 12.2. The van der Waals surface area contributed by atoms with Crippen molar-refractivity contribution in [3.63, 3.8) is 0 Å². The van der Waals surface area contributed by atoms with Crippen LogP contribution in [0.1, 0.15) is 59.8 Å². The first-order valence-electron chi connectivity index (χ1n) is 6.67. The van der Waals surface area contributed by atoms with Crippen molar-refractivity contribution in [3.8, 4) is 0 Å². The van der Waals surface area contributed by atoms with Gasteiger partial charge in [0.25, 0.3) is 0 Å². The Hall–Kier alpha value is -0.0800. The molecule has 2 nitrogen and oxygen atoms in total. The summed E-state index contributed by atoms with van der Waals surface area (Å²) in [7, 11) is 0. The fraction of sp³-hybridized carbons (Fsp3) is 1.00. The minimum absolute atomic E-state index is 0.320. The number of hydrogen-bond acceptors (Lipinski definition) is 2. The molecule has 0 radical (unpaired) electrons. The second kappa shape index (κ2) is 3.46. The van der Waals surface area contributed by atoms with Crippen molar-refractivity contribution in [3.05, 3.63) is 0 Å². The van der Waals surface area contributed by atoms with Crippen molar-refractivity contribution >= 4 is 0 Å². The molecule has 0 spiro atoms. The molecule has 2 fully saturated rings. The van der Waals surface area contributed by atoms with Gasteiger partial charge in [-0.2, -0.15) is 0 Å². The van der Waals surface area contributed by atoms with Crippen molar-refractivity contribution in [2.24, 2.45) is 23.0 Å². The van der Waals surface area contributed by atoms with E-state index in [1.54, 1.807) is 0 Å². The second-order valence-corrected chi connectivity index (χ2v) is 7.56. The van der Waals surface area contributed by atoms with Crippen molar-refractivity contribution in [1.82, 2.24) is 0 Å². The first-order valence-corrected chi connectivity index (χ1v) is 6.67. The second-order valence-electron chi connectivity index (χ2n) is 7.56. The lowest BCUT2D eigenvalue weighted by atomic mass is 9.50. The van der Waals surface area contributed by atoms with Gasteiger partial charge in [0.15, 0.2) is 0 Å². The van der Waals surface area contributed by atoms with Crippen LogP contribution in [0.25, 0.3) is 0 Å². The highest BCUT2D eigenvalue weighted by Crippen LogP contribution is 2.56. The summed E-state index contributed by atoms with van der Waals surface area (Å²) in [6.45, 7) is 8.98. The smallest absolute Gasteiger partial charge is 0.0831 e. The molecule has 16 heavy (non-hydrogen) atoms. The maximum absolute atomic E-state index is 10.9. The number of rotatable bonds is 1. The van der Waals surface area contributed by atoms with E-state index in [2.05, 4.69) is 27.7 Å². The molecule has 0 heterocycles. The molecule has 2 rings (SSSR count). The zero-order valence-corrected chi connectivity index (χ0v) is 11.2. The Morgan fingerprint density at radius 3 is 1.88 bits per heavy atom. The Balaban J connectivity index is 2.13. The molecule has 2 aliphatic carbocycles. The van der Waals surface area contributed by atoms with Crippen molar-refractivity contribution < 1.29 is 5.11 Å². The van der Waals surface area contributed by atoms with E-state index in [0.717, 1.165) is 25.7 Å². The van der Waals surface area contributed by atoms with Gasteiger partial charge in [-0.3, -0.25) is 0 Å². The van der Waals surface area contributed by atoms with Gasteiger partial charge in [-0.25, -0.2) is 0 Å². The molecule has 0 bridgehead atoms. The van der Waals surface area contributed by atoms with E-state index in [1.807, 2.05) is 0 Å². The van der Waals surface area contributed by atoms with Gasteiger partial charge in [0.1, 0.15) is 0 Å². The molecule has 2 unspecified atom stereocenters.